The Morgan fingerprint density at radius 2 is 1.47 bits per heavy atom. The van der Waals surface area contributed by atoms with Crippen LogP contribution < -0.4 is 16.0 Å². The number of benzene rings is 1. The van der Waals surface area contributed by atoms with Crippen molar-refractivity contribution in [2.45, 2.75) is 51.2 Å². The zero-order valence-corrected chi connectivity index (χ0v) is 17.7. The second-order valence-corrected chi connectivity index (χ2v) is 6.99. The number of carbonyl (C=O) groups is 5. The number of amides is 3. The lowest BCUT2D eigenvalue weighted by molar-refractivity contribution is -0.139. The largest absolute Gasteiger partial charge is 0.481 e. The summed E-state index contributed by atoms with van der Waals surface area (Å²) in [6.45, 7) is 0.453. The maximum atomic E-state index is 11.9. The van der Waals surface area contributed by atoms with E-state index < -0.39 is 35.9 Å². The molecule has 0 spiro atoms. The van der Waals surface area contributed by atoms with Gasteiger partial charge in [0, 0.05) is 32.0 Å². The summed E-state index contributed by atoms with van der Waals surface area (Å²) in [4.78, 5) is 56.6. The van der Waals surface area contributed by atoms with Crippen LogP contribution >= 0.6 is 0 Å². The van der Waals surface area contributed by atoms with Gasteiger partial charge in [-0.2, -0.15) is 0 Å². The SMILES string of the molecule is O=C(O)CCC(=O)NC[C@@H](CCCNC(=O)OCc1ccccc1)NC(=O)CCC(=O)O. The van der Waals surface area contributed by atoms with Crippen molar-refractivity contribution < 1.29 is 38.9 Å². The zero-order valence-electron chi connectivity index (χ0n) is 17.7. The van der Waals surface area contributed by atoms with Gasteiger partial charge in [0.15, 0.2) is 0 Å². The quantitative estimate of drug-likeness (QED) is 0.246. The van der Waals surface area contributed by atoms with Crippen LogP contribution in [0.25, 0.3) is 0 Å². The Morgan fingerprint density at radius 1 is 0.844 bits per heavy atom. The fraction of sp³-hybridized carbons (Fsp3) is 0.476. The molecule has 32 heavy (non-hydrogen) atoms. The summed E-state index contributed by atoms with van der Waals surface area (Å²) in [5.74, 6) is -3.15. The predicted octanol–water partition coefficient (Wildman–Crippen LogP) is 1.02. The van der Waals surface area contributed by atoms with Crippen molar-refractivity contribution in [2.24, 2.45) is 0 Å². The Morgan fingerprint density at radius 3 is 2.09 bits per heavy atom. The third-order valence-electron chi connectivity index (χ3n) is 4.25. The van der Waals surface area contributed by atoms with Crippen LogP contribution in [0.15, 0.2) is 30.3 Å². The third-order valence-corrected chi connectivity index (χ3v) is 4.25. The third kappa shape index (κ3) is 13.6. The number of carboxylic acids is 2. The fourth-order valence-corrected chi connectivity index (χ4v) is 2.60. The summed E-state index contributed by atoms with van der Waals surface area (Å²) in [6, 6.07) is 8.68. The molecular formula is C21H29N3O8. The monoisotopic (exact) mass is 451 g/mol. The Bertz CT molecular complexity index is 770. The predicted molar refractivity (Wildman–Crippen MR) is 113 cm³/mol. The summed E-state index contributed by atoms with van der Waals surface area (Å²) in [7, 11) is 0. The van der Waals surface area contributed by atoms with Crippen LogP contribution in [-0.2, 0) is 30.5 Å². The zero-order chi connectivity index (χ0) is 23.8. The molecule has 11 heteroatoms. The first kappa shape index (κ1) is 26.4. The van der Waals surface area contributed by atoms with Crippen LogP contribution in [-0.4, -0.2) is 59.2 Å². The average molecular weight is 451 g/mol. The Labute approximate surface area is 185 Å². The van der Waals surface area contributed by atoms with Crippen molar-refractivity contribution in [3.63, 3.8) is 0 Å². The van der Waals surface area contributed by atoms with E-state index in [0.29, 0.717) is 12.8 Å². The first-order chi connectivity index (χ1) is 15.3. The first-order valence-corrected chi connectivity index (χ1v) is 10.2. The van der Waals surface area contributed by atoms with Crippen LogP contribution in [0.1, 0.15) is 44.1 Å². The molecule has 1 atom stereocenters. The summed E-state index contributed by atoms with van der Waals surface area (Å²) >= 11 is 0. The van der Waals surface area contributed by atoms with E-state index in [4.69, 9.17) is 14.9 Å². The highest BCUT2D eigenvalue weighted by atomic mass is 16.5. The number of carbonyl (C=O) groups excluding carboxylic acids is 3. The van der Waals surface area contributed by atoms with Crippen LogP contribution in [0.3, 0.4) is 0 Å². The number of alkyl carbamates (subject to hydrolysis) is 1. The van der Waals surface area contributed by atoms with Gasteiger partial charge in [0.1, 0.15) is 6.61 Å². The molecular weight excluding hydrogens is 422 g/mol. The molecule has 0 bridgehead atoms. The van der Waals surface area contributed by atoms with Gasteiger partial charge < -0.3 is 30.9 Å². The van der Waals surface area contributed by atoms with Gasteiger partial charge in [0.05, 0.1) is 12.8 Å². The summed E-state index contributed by atoms with van der Waals surface area (Å²) < 4.78 is 5.10. The summed E-state index contributed by atoms with van der Waals surface area (Å²) in [5, 5.41) is 25.1. The maximum Gasteiger partial charge on any atom is 0.407 e. The van der Waals surface area contributed by atoms with Crippen molar-refractivity contribution in [1.82, 2.24) is 16.0 Å². The molecule has 5 N–H and O–H groups in total. The van der Waals surface area contributed by atoms with E-state index >= 15 is 0 Å². The summed E-state index contributed by atoms with van der Waals surface area (Å²) in [5.41, 5.74) is 0.852. The highest BCUT2D eigenvalue weighted by Crippen LogP contribution is 2.02. The molecule has 0 saturated heterocycles. The highest BCUT2D eigenvalue weighted by molar-refractivity contribution is 5.81. The van der Waals surface area contributed by atoms with E-state index in [-0.39, 0.29) is 45.4 Å². The molecule has 0 aliphatic heterocycles. The number of rotatable bonds is 15. The van der Waals surface area contributed by atoms with Crippen molar-refractivity contribution in [1.29, 1.82) is 0 Å². The number of nitrogens with one attached hydrogen (secondary N) is 3. The molecule has 0 unspecified atom stereocenters. The average Bonchev–Trinajstić information content (AvgIpc) is 2.76. The minimum atomic E-state index is -1.10. The molecule has 1 aromatic rings. The van der Waals surface area contributed by atoms with Crippen molar-refractivity contribution >= 4 is 29.8 Å². The second kappa shape index (κ2) is 15.2. The number of hydrogen-bond acceptors (Lipinski definition) is 6. The second-order valence-electron chi connectivity index (χ2n) is 6.99. The standard InChI is InChI=1S/C21H29N3O8/c25-17(8-10-19(27)28)23-13-16(24-18(26)9-11-20(29)30)7-4-12-22-21(31)32-14-15-5-2-1-3-6-15/h1-3,5-6,16H,4,7-14H2,(H,22,31)(H,23,25)(H,24,26)(H,27,28)(H,29,30)/t16-/m1/s1. The Balaban J connectivity index is 2.39. The molecule has 11 nitrogen and oxygen atoms in total. The molecule has 0 aliphatic rings. The molecule has 0 fully saturated rings. The van der Waals surface area contributed by atoms with E-state index in [0.717, 1.165) is 5.56 Å². The Hall–Kier alpha value is -3.63. The number of aliphatic carboxylic acids is 2. The molecule has 1 aromatic carbocycles. The molecule has 0 radical (unpaired) electrons. The van der Waals surface area contributed by atoms with Crippen molar-refractivity contribution in [2.75, 3.05) is 13.1 Å². The van der Waals surface area contributed by atoms with Crippen LogP contribution in [0.4, 0.5) is 4.79 Å². The van der Waals surface area contributed by atoms with E-state index in [1.165, 1.54) is 0 Å². The van der Waals surface area contributed by atoms with Gasteiger partial charge in [-0.1, -0.05) is 30.3 Å². The van der Waals surface area contributed by atoms with E-state index in [2.05, 4.69) is 16.0 Å². The minimum Gasteiger partial charge on any atom is -0.481 e. The molecule has 3 amide bonds. The van der Waals surface area contributed by atoms with Crippen LogP contribution in [0, 0.1) is 0 Å². The van der Waals surface area contributed by atoms with Gasteiger partial charge in [-0.3, -0.25) is 19.2 Å². The van der Waals surface area contributed by atoms with Crippen LogP contribution in [0.2, 0.25) is 0 Å². The van der Waals surface area contributed by atoms with Crippen LogP contribution in [0.5, 0.6) is 0 Å². The topological polar surface area (TPSA) is 171 Å². The lowest BCUT2D eigenvalue weighted by Crippen LogP contribution is -2.44. The smallest absolute Gasteiger partial charge is 0.407 e. The van der Waals surface area contributed by atoms with Gasteiger partial charge in [0.25, 0.3) is 0 Å². The Kier molecular flexibility index (Phi) is 12.6. The lowest BCUT2D eigenvalue weighted by atomic mass is 10.1. The molecule has 1 rings (SSSR count). The van der Waals surface area contributed by atoms with Gasteiger partial charge in [-0.25, -0.2) is 4.79 Å². The number of hydrogen-bond donors (Lipinski definition) is 5. The molecule has 0 saturated carbocycles. The van der Waals surface area contributed by atoms with E-state index in [1.54, 1.807) is 0 Å². The number of carboxylic acid groups (broad SMARTS) is 2. The summed E-state index contributed by atoms with van der Waals surface area (Å²) in [6.07, 6.45) is -0.772. The number of ether oxygens (including phenoxy) is 1. The lowest BCUT2D eigenvalue weighted by Gasteiger charge is -2.19. The highest BCUT2D eigenvalue weighted by Gasteiger charge is 2.15. The van der Waals surface area contributed by atoms with Gasteiger partial charge in [-0.05, 0) is 18.4 Å². The van der Waals surface area contributed by atoms with Gasteiger partial charge in [0.2, 0.25) is 11.8 Å². The van der Waals surface area contributed by atoms with Gasteiger partial charge in [-0.15, -0.1) is 0 Å². The minimum absolute atomic E-state index is 0.0513. The molecule has 176 valence electrons. The fourth-order valence-electron chi connectivity index (χ4n) is 2.60. The van der Waals surface area contributed by atoms with E-state index in [1.807, 2.05) is 30.3 Å². The first-order valence-electron chi connectivity index (χ1n) is 10.2. The van der Waals surface area contributed by atoms with Crippen molar-refractivity contribution in [3.8, 4) is 0 Å². The van der Waals surface area contributed by atoms with Crippen molar-refractivity contribution in [3.05, 3.63) is 35.9 Å². The molecule has 0 aromatic heterocycles. The normalized spacial score (nSPS) is 11.1. The molecule has 0 heterocycles. The molecule has 0 aliphatic carbocycles. The van der Waals surface area contributed by atoms with E-state index in [9.17, 15) is 24.0 Å². The van der Waals surface area contributed by atoms with Gasteiger partial charge >= 0.3 is 18.0 Å². The maximum absolute atomic E-state index is 11.9.